The van der Waals surface area contributed by atoms with Crippen LogP contribution in [0.15, 0.2) is 29.3 Å². The number of hydrogen-bond donors (Lipinski definition) is 5. The number of para-hydroxylation sites is 1. The van der Waals surface area contributed by atoms with Crippen LogP contribution in [0.2, 0.25) is 0 Å². The number of aromatic hydroxyl groups is 1. The van der Waals surface area contributed by atoms with E-state index in [0.717, 1.165) is 19.3 Å². The zero-order valence-corrected chi connectivity index (χ0v) is 33.6. The molecule has 2 heterocycles. The second-order valence-corrected chi connectivity index (χ2v) is 15.3. The number of benzene rings is 1. The van der Waals surface area contributed by atoms with Crippen molar-refractivity contribution in [3.05, 3.63) is 29.8 Å². The van der Waals surface area contributed by atoms with Gasteiger partial charge in [0.05, 0.1) is 12.0 Å². The fourth-order valence-corrected chi connectivity index (χ4v) is 6.77. The van der Waals surface area contributed by atoms with E-state index in [4.69, 9.17) is 9.47 Å². The summed E-state index contributed by atoms with van der Waals surface area (Å²) in [6.45, 7) is 5.36. The summed E-state index contributed by atoms with van der Waals surface area (Å²) in [4.78, 5) is 69.2. The molecule has 0 aliphatic carbocycles. The van der Waals surface area contributed by atoms with Crippen molar-refractivity contribution < 1.29 is 49.0 Å². The number of hydrogen-bond acceptors (Lipinski definition) is 11. The average molecular weight is 788 g/mol. The minimum Gasteiger partial charge on any atom is -0.507 e. The monoisotopic (exact) mass is 787 g/mol. The van der Waals surface area contributed by atoms with Crippen LogP contribution in [0.5, 0.6) is 5.75 Å². The van der Waals surface area contributed by atoms with E-state index < -0.39 is 47.4 Å². The number of rotatable bonds is 25. The number of nitrogens with one attached hydrogen (secondary N) is 2. The van der Waals surface area contributed by atoms with Crippen molar-refractivity contribution in [2.24, 2.45) is 4.99 Å². The first-order chi connectivity index (χ1) is 26.8. The van der Waals surface area contributed by atoms with E-state index in [2.05, 4.69) is 22.5 Å². The quantitative estimate of drug-likeness (QED) is 0.0353. The Morgan fingerprint density at radius 2 is 1.66 bits per heavy atom. The van der Waals surface area contributed by atoms with E-state index in [1.807, 2.05) is 0 Å². The van der Waals surface area contributed by atoms with Crippen molar-refractivity contribution in [2.45, 2.75) is 166 Å². The van der Waals surface area contributed by atoms with Crippen LogP contribution in [0.1, 0.15) is 148 Å². The van der Waals surface area contributed by atoms with Gasteiger partial charge in [0.1, 0.15) is 30.5 Å². The first-order valence-corrected chi connectivity index (χ1v) is 20.7. The topological polar surface area (TPSA) is 207 Å². The summed E-state index contributed by atoms with van der Waals surface area (Å²) < 4.78 is 11.3. The Kier molecular flexibility index (Phi) is 20.1. The van der Waals surface area contributed by atoms with Crippen LogP contribution in [0.3, 0.4) is 0 Å². The Bertz CT molecular complexity index is 1460. The van der Waals surface area contributed by atoms with Crippen LogP contribution < -0.4 is 10.6 Å². The normalized spacial score (nSPS) is 19.3. The smallest absolute Gasteiger partial charge is 0.328 e. The number of nitrogens with zero attached hydrogens (tertiary/aromatic N) is 3. The molecular weight excluding hydrogens is 722 g/mol. The molecule has 1 aromatic carbocycles. The number of esters is 1. The van der Waals surface area contributed by atoms with Crippen molar-refractivity contribution in [2.75, 3.05) is 19.7 Å². The standard InChI is InChI=1S/C41H65N5O10/c1-4-5-6-7-8-9-10-11-12-13-14-25-36(49)45(53)26-19-18-23-33(43-40(52)41(3)29-55-37(44-41)31-21-15-16-24-34(31)47)39(51)56-30(2)28-35(48)42-32-22-17-20-27-46(54)38(32)50/h15-16,21,24,30,32-33,47,53-54H,4-14,17-20,22-23,25-29H2,1-3H3,(H,42,48)(H,43,52)/t30-,32-,33-,41-/m1/s1. The largest absolute Gasteiger partial charge is 0.507 e. The van der Waals surface area contributed by atoms with E-state index >= 15 is 0 Å². The molecule has 2 aliphatic rings. The third-order valence-electron chi connectivity index (χ3n) is 10.2. The third kappa shape index (κ3) is 15.7. The maximum atomic E-state index is 13.6. The number of carbonyl (C=O) groups excluding carboxylic acids is 5. The lowest BCUT2D eigenvalue weighted by Crippen LogP contribution is -2.52. The van der Waals surface area contributed by atoms with Crippen molar-refractivity contribution in [3.8, 4) is 5.75 Å². The predicted octanol–water partition coefficient (Wildman–Crippen LogP) is 5.71. The minimum atomic E-state index is -1.43. The minimum absolute atomic E-state index is 0.0497. The Hall–Kier alpha value is -4.24. The molecule has 2 aliphatic heterocycles. The first-order valence-electron chi connectivity index (χ1n) is 20.7. The van der Waals surface area contributed by atoms with Crippen LogP contribution in [-0.2, 0) is 33.4 Å². The lowest BCUT2D eigenvalue weighted by Gasteiger charge is -2.25. The summed E-state index contributed by atoms with van der Waals surface area (Å²) in [6, 6.07) is 4.36. The molecule has 4 amide bonds. The van der Waals surface area contributed by atoms with Crippen LogP contribution in [0, 0.1) is 0 Å². The van der Waals surface area contributed by atoms with Gasteiger partial charge in [-0.05, 0) is 70.9 Å². The van der Waals surface area contributed by atoms with Gasteiger partial charge in [-0.1, -0.05) is 83.3 Å². The molecule has 15 nitrogen and oxygen atoms in total. The number of hydroxylamine groups is 4. The molecule has 1 saturated heterocycles. The number of unbranched alkanes of at least 4 members (excludes halogenated alkanes) is 11. The van der Waals surface area contributed by atoms with Gasteiger partial charge in [0.2, 0.25) is 17.7 Å². The summed E-state index contributed by atoms with van der Waals surface area (Å²) in [5.41, 5.74) is -1.12. The highest BCUT2D eigenvalue weighted by molar-refractivity contribution is 6.02. The molecule has 0 radical (unpaired) electrons. The lowest BCUT2D eigenvalue weighted by atomic mass is 10.0. The van der Waals surface area contributed by atoms with Gasteiger partial charge >= 0.3 is 5.97 Å². The molecule has 56 heavy (non-hydrogen) atoms. The molecule has 1 fully saturated rings. The second-order valence-electron chi connectivity index (χ2n) is 15.3. The lowest BCUT2D eigenvalue weighted by molar-refractivity contribution is -0.167. The van der Waals surface area contributed by atoms with E-state index in [1.54, 1.807) is 18.2 Å². The van der Waals surface area contributed by atoms with Crippen molar-refractivity contribution in [3.63, 3.8) is 0 Å². The zero-order valence-electron chi connectivity index (χ0n) is 33.6. The molecule has 5 N–H and O–H groups in total. The van der Waals surface area contributed by atoms with Crippen LogP contribution in [0.4, 0.5) is 0 Å². The molecule has 1 aromatic rings. The van der Waals surface area contributed by atoms with Gasteiger partial charge < -0.3 is 25.2 Å². The molecule has 0 saturated carbocycles. The van der Waals surface area contributed by atoms with Gasteiger partial charge in [0, 0.05) is 19.5 Å². The molecule has 4 atom stereocenters. The molecule has 0 bridgehead atoms. The SMILES string of the molecule is CCCCCCCCCCCCCC(=O)N(O)CCCC[C@@H](NC(=O)[C@@]1(C)COC(c2ccccc2O)=N1)C(=O)O[C@H](C)CC(=O)N[C@@H]1CCCCN(O)C1=O. The number of phenols is 1. The van der Waals surface area contributed by atoms with Crippen molar-refractivity contribution >= 4 is 35.5 Å². The van der Waals surface area contributed by atoms with Gasteiger partial charge in [-0.3, -0.25) is 29.6 Å². The fourth-order valence-electron chi connectivity index (χ4n) is 6.77. The highest BCUT2D eigenvalue weighted by Crippen LogP contribution is 2.26. The molecule has 15 heteroatoms. The number of phenolic OH excluding ortho intramolecular Hbond substituents is 1. The van der Waals surface area contributed by atoms with Crippen LogP contribution >= 0.6 is 0 Å². The highest BCUT2D eigenvalue weighted by Gasteiger charge is 2.42. The molecular formula is C41H65N5O10. The van der Waals surface area contributed by atoms with Gasteiger partial charge in [0.15, 0.2) is 5.54 Å². The maximum Gasteiger partial charge on any atom is 0.328 e. The zero-order chi connectivity index (χ0) is 40.9. The highest BCUT2D eigenvalue weighted by atomic mass is 16.5. The third-order valence-corrected chi connectivity index (χ3v) is 10.2. The summed E-state index contributed by atoms with van der Waals surface area (Å²) in [7, 11) is 0. The summed E-state index contributed by atoms with van der Waals surface area (Å²) >= 11 is 0. The number of aliphatic imine (C=N–C) groups is 1. The number of carbonyl (C=O) groups is 5. The van der Waals surface area contributed by atoms with Gasteiger partial charge in [-0.2, -0.15) is 0 Å². The first kappa shape index (κ1) is 46.1. The Morgan fingerprint density at radius 3 is 2.34 bits per heavy atom. The Balaban J connectivity index is 1.51. The second kappa shape index (κ2) is 24.4. The fraction of sp³-hybridized carbons (Fsp3) is 0.707. The average Bonchev–Trinajstić information content (AvgIpc) is 3.50. The molecule has 0 unspecified atom stereocenters. The van der Waals surface area contributed by atoms with E-state index in [9.17, 15) is 39.5 Å². The number of ether oxygens (including phenoxy) is 2. The molecule has 0 aromatic heterocycles. The summed E-state index contributed by atoms with van der Waals surface area (Å²) in [6.07, 6.45) is 14.2. The Labute approximate surface area is 331 Å². The van der Waals surface area contributed by atoms with E-state index in [0.29, 0.717) is 54.2 Å². The van der Waals surface area contributed by atoms with Crippen molar-refractivity contribution in [1.29, 1.82) is 0 Å². The molecule has 3 rings (SSSR count). The van der Waals surface area contributed by atoms with Crippen molar-refractivity contribution in [1.82, 2.24) is 20.8 Å². The van der Waals surface area contributed by atoms with Crippen LogP contribution in [0.25, 0.3) is 0 Å². The van der Waals surface area contributed by atoms with Crippen LogP contribution in [-0.4, -0.2) is 105 Å². The summed E-state index contributed by atoms with van der Waals surface area (Å²) in [5, 5.41) is 37.2. The number of amides is 4. The van der Waals surface area contributed by atoms with Gasteiger partial charge in [-0.15, -0.1) is 0 Å². The van der Waals surface area contributed by atoms with Gasteiger partial charge in [-0.25, -0.2) is 19.9 Å². The predicted molar refractivity (Wildman–Crippen MR) is 209 cm³/mol. The molecule has 0 spiro atoms. The maximum absolute atomic E-state index is 13.6. The summed E-state index contributed by atoms with van der Waals surface area (Å²) in [5.74, 6) is -2.91. The Morgan fingerprint density at radius 1 is 1.00 bits per heavy atom. The van der Waals surface area contributed by atoms with Gasteiger partial charge in [0.25, 0.3) is 11.8 Å². The van der Waals surface area contributed by atoms with E-state index in [1.165, 1.54) is 64.9 Å². The van der Waals surface area contributed by atoms with E-state index in [-0.39, 0.29) is 56.5 Å². The molecule has 314 valence electrons.